The summed E-state index contributed by atoms with van der Waals surface area (Å²) in [6.07, 6.45) is 9.64. The van der Waals surface area contributed by atoms with Gasteiger partial charge in [0, 0.05) is 23.2 Å². The molecule has 2 aromatic rings. The average molecular weight is 396 g/mol. The predicted octanol–water partition coefficient (Wildman–Crippen LogP) is 5.90. The Balaban J connectivity index is 1.94. The molecule has 4 heteroatoms. The van der Waals surface area contributed by atoms with Crippen LogP contribution in [0.2, 0.25) is 0 Å². The van der Waals surface area contributed by atoms with Crippen LogP contribution in [0.25, 0.3) is 0 Å². The molecule has 0 saturated carbocycles. The molecule has 30 heavy (non-hydrogen) atoms. The highest BCUT2D eigenvalue weighted by atomic mass is 16.5. The Labute approximate surface area is 178 Å². The first-order chi connectivity index (χ1) is 14.6. The predicted molar refractivity (Wildman–Crippen MR) is 122 cm³/mol. The van der Waals surface area contributed by atoms with Crippen molar-refractivity contribution in [2.24, 2.45) is 0 Å². The van der Waals surface area contributed by atoms with Crippen molar-refractivity contribution in [2.45, 2.75) is 19.6 Å². The Bertz CT molecular complexity index is 1060. The molecule has 1 aliphatic heterocycles. The largest absolute Gasteiger partial charge is 0.423 e. The number of rotatable bonds is 7. The second kappa shape index (κ2) is 9.99. The maximum atomic E-state index is 8.67. The molecule has 0 saturated heterocycles. The second-order valence-electron chi connectivity index (χ2n) is 7.03. The van der Waals surface area contributed by atoms with E-state index in [4.69, 9.17) is 10.00 Å². The minimum absolute atomic E-state index is 0.166. The van der Waals surface area contributed by atoms with Gasteiger partial charge in [0.2, 0.25) is 0 Å². The van der Waals surface area contributed by atoms with E-state index < -0.39 is 0 Å². The first-order valence-electron chi connectivity index (χ1n) is 9.70. The van der Waals surface area contributed by atoms with Crippen molar-refractivity contribution in [1.29, 1.82) is 5.26 Å². The topological polar surface area (TPSA) is 57.1 Å². The molecule has 0 aromatic heterocycles. The summed E-state index contributed by atoms with van der Waals surface area (Å²) in [7, 11) is 0. The van der Waals surface area contributed by atoms with Gasteiger partial charge in [-0.1, -0.05) is 67.8 Å². The van der Waals surface area contributed by atoms with Gasteiger partial charge in [-0.3, -0.25) is 0 Å². The van der Waals surface area contributed by atoms with Crippen LogP contribution in [0, 0.1) is 11.5 Å². The van der Waals surface area contributed by atoms with E-state index in [1.807, 2.05) is 73.8 Å². The van der Waals surface area contributed by atoms with Crippen LogP contribution in [0.4, 0.5) is 5.69 Å². The van der Waals surface area contributed by atoms with Gasteiger partial charge in [-0.05, 0) is 47.4 Å². The van der Waals surface area contributed by atoms with Crippen LogP contribution in [0.1, 0.15) is 24.1 Å². The van der Waals surface area contributed by atoms with Gasteiger partial charge in [-0.2, -0.15) is 5.26 Å². The molecule has 4 nitrogen and oxygen atoms in total. The molecule has 3 rings (SSSR count). The van der Waals surface area contributed by atoms with Crippen molar-refractivity contribution in [3.05, 3.63) is 126 Å². The van der Waals surface area contributed by atoms with E-state index in [9.17, 15) is 0 Å². The Morgan fingerprint density at radius 2 is 2.00 bits per heavy atom. The zero-order chi connectivity index (χ0) is 21.3. The minimum Gasteiger partial charge on any atom is -0.423 e. The summed E-state index contributed by atoms with van der Waals surface area (Å²) in [5.74, 6) is 0. The number of nitriles is 1. The molecular weight excluding hydrogens is 370 g/mol. The average Bonchev–Trinajstić information content (AvgIpc) is 2.76. The molecule has 2 N–H and O–H groups in total. The van der Waals surface area contributed by atoms with Crippen LogP contribution in [-0.4, -0.2) is 0 Å². The monoisotopic (exact) mass is 395 g/mol. The van der Waals surface area contributed by atoms with E-state index in [2.05, 4.69) is 35.9 Å². The van der Waals surface area contributed by atoms with E-state index in [-0.39, 0.29) is 12.6 Å². The SMILES string of the molecule is C=C1/C=C\C=C(\C)NC=C1C(=C)C(Nc1cccc(COC#N)c1)c1ccccc1. The number of anilines is 1. The molecule has 0 fully saturated rings. The summed E-state index contributed by atoms with van der Waals surface area (Å²) in [6.45, 7) is 10.9. The maximum Gasteiger partial charge on any atom is 0.286 e. The van der Waals surface area contributed by atoms with E-state index >= 15 is 0 Å². The Morgan fingerprint density at radius 1 is 1.20 bits per heavy atom. The van der Waals surface area contributed by atoms with Crippen molar-refractivity contribution in [2.75, 3.05) is 5.32 Å². The third-order valence-corrected chi connectivity index (χ3v) is 4.80. The lowest BCUT2D eigenvalue weighted by Gasteiger charge is -2.26. The summed E-state index contributed by atoms with van der Waals surface area (Å²) < 4.78 is 4.87. The normalized spacial score (nSPS) is 17.0. The summed E-state index contributed by atoms with van der Waals surface area (Å²) in [5, 5.41) is 15.6. The van der Waals surface area contributed by atoms with Gasteiger partial charge >= 0.3 is 0 Å². The molecule has 1 unspecified atom stereocenters. The zero-order valence-electron chi connectivity index (χ0n) is 17.1. The van der Waals surface area contributed by atoms with E-state index in [0.29, 0.717) is 0 Å². The summed E-state index contributed by atoms with van der Waals surface area (Å²) in [6, 6.07) is 17.8. The first kappa shape index (κ1) is 20.8. The smallest absolute Gasteiger partial charge is 0.286 e. The Morgan fingerprint density at radius 3 is 2.77 bits per heavy atom. The lowest BCUT2D eigenvalue weighted by Crippen LogP contribution is -2.17. The number of allylic oxidation sites excluding steroid dienone is 5. The van der Waals surface area contributed by atoms with Gasteiger partial charge in [0.05, 0.1) is 6.04 Å². The van der Waals surface area contributed by atoms with Crippen LogP contribution in [0.3, 0.4) is 0 Å². The maximum absolute atomic E-state index is 8.67. The third-order valence-electron chi connectivity index (χ3n) is 4.80. The molecule has 150 valence electrons. The Kier molecular flexibility index (Phi) is 6.91. The second-order valence-corrected chi connectivity index (χ2v) is 7.03. The van der Waals surface area contributed by atoms with Crippen LogP contribution < -0.4 is 10.6 Å². The highest BCUT2D eigenvalue weighted by molar-refractivity contribution is 5.58. The summed E-state index contributed by atoms with van der Waals surface area (Å²) in [5.41, 5.74) is 6.70. The van der Waals surface area contributed by atoms with Crippen molar-refractivity contribution in [3.63, 3.8) is 0 Å². The number of nitrogens with zero attached hydrogens (tertiary/aromatic N) is 1. The highest BCUT2D eigenvalue weighted by Crippen LogP contribution is 2.33. The number of ether oxygens (including phenoxy) is 1. The molecule has 0 spiro atoms. The van der Waals surface area contributed by atoms with Crippen LogP contribution in [0.15, 0.2) is 115 Å². The van der Waals surface area contributed by atoms with Crippen molar-refractivity contribution < 1.29 is 4.74 Å². The lowest BCUT2D eigenvalue weighted by atomic mass is 9.90. The van der Waals surface area contributed by atoms with Crippen LogP contribution in [-0.2, 0) is 11.3 Å². The molecule has 1 atom stereocenters. The zero-order valence-corrected chi connectivity index (χ0v) is 17.1. The molecule has 0 amide bonds. The van der Waals surface area contributed by atoms with E-state index in [0.717, 1.165) is 39.2 Å². The molecular formula is C26H25N3O. The number of nitrogens with one attached hydrogen (secondary N) is 2. The quantitative estimate of drug-likeness (QED) is 0.573. The first-order valence-corrected chi connectivity index (χ1v) is 9.70. The highest BCUT2D eigenvalue weighted by Gasteiger charge is 2.20. The summed E-state index contributed by atoms with van der Waals surface area (Å²) >= 11 is 0. The van der Waals surface area contributed by atoms with E-state index in [1.165, 1.54) is 0 Å². The van der Waals surface area contributed by atoms with Gasteiger partial charge in [-0.25, -0.2) is 0 Å². The van der Waals surface area contributed by atoms with Gasteiger partial charge in [0.1, 0.15) is 6.61 Å². The third kappa shape index (κ3) is 5.30. The van der Waals surface area contributed by atoms with Gasteiger partial charge in [0.25, 0.3) is 6.26 Å². The molecule has 1 aliphatic rings. The molecule has 2 aromatic carbocycles. The van der Waals surface area contributed by atoms with Crippen molar-refractivity contribution in [1.82, 2.24) is 5.32 Å². The van der Waals surface area contributed by atoms with Gasteiger partial charge in [0.15, 0.2) is 0 Å². The molecule has 1 heterocycles. The van der Waals surface area contributed by atoms with Gasteiger partial charge < -0.3 is 15.4 Å². The van der Waals surface area contributed by atoms with E-state index in [1.54, 1.807) is 6.26 Å². The molecule has 0 radical (unpaired) electrons. The fraction of sp³-hybridized carbons (Fsp3) is 0.115. The number of benzene rings is 2. The van der Waals surface area contributed by atoms with Gasteiger partial charge in [-0.15, -0.1) is 0 Å². The number of hydrogen-bond donors (Lipinski definition) is 2. The van der Waals surface area contributed by atoms with Crippen molar-refractivity contribution in [3.8, 4) is 6.26 Å². The van der Waals surface area contributed by atoms with Crippen LogP contribution in [0.5, 0.6) is 0 Å². The van der Waals surface area contributed by atoms with Crippen LogP contribution >= 0.6 is 0 Å². The standard InChI is InChI=1S/C26H25N3O/c1-19-9-7-10-20(2)28-16-25(19)21(3)26(23-12-5-4-6-13-23)29-24-14-8-11-22(15-24)17-30-18-27/h4-16,26,28-29H,1,3,17H2,2H3/b9-7-,20-10-,25-16?. The Hall–Kier alpha value is -3.97. The summed E-state index contributed by atoms with van der Waals surface area (Å²) in [4.78, 5) is 0. The minimum atomic E-state index is -0.166. The lowest BCUT2D eigenvalue weighted by molar-refractivity contribution is 0.257. The van der Waals surface area contributed by atoms with Crippen molar-refractivity contribution >= 4 is 5.69 Å². The molecule has 0 aliphatic carbocycles. The fourth-order valence-corrected chi connectivity index (χ4v) is 3.23. The molecule has 0 bridgehead atoms. The fourth-order valence-electron chi connectivity index (χ4n) is 3.23. The number of hydrogen-bond acceptors (Lipinski definition) is 4.